The summed E-state index contributed by atoms with van der Waals surface area (Å²) in [5, 5.41) is 0.443. The van der Waals surface area contributed by atoms with Gasteiger partial charge >= 0.3 is 0 Å². The molecule has 0 saturated carbocycles. The van der Waals surface area contributed by atoms with Crippen molar-refractivity contribution in [1.82, 2.24) is 4.72 Å². The van der Waals surface area contributed by atoms with Crippen LogP contribution in [0.1, 0.15) is 10.4 Å². The molecule has 1 amide bonds. The maximum atomic E-state index is 11.4. The summed E-state index contributed by atoms with van der Waals surface area (Å²) in [5.74, 6) is -0.801. The van der Waals surface area contributed by atoms with Crippen molar-refractivity contribution in [1.29, 1.82) is 0 Å². The molecular weight excluding hydrogens is 261 g/mol. The molecule has 0 aliphatic rings. The van der Waals surface area contributed by atoms with Crippen LogP contribution in [-0.2, 0) is 10.0 Å². The molecule has 1 rings (SSSR count). The van der Waals surface area contributed by atoms with Gasteiger partial charge in [-0.25, -0.2) is 13.1 Å². The van der Waals surface area contributed by atoms with E-state index in [1.54, 1.807) is 4.72 Å². The molecule has 1 aromatic rings. The van der Waals surface area contributed by atoms with E-state index in [-0.39, 0.29) is 10.6 Å². The van der Waals surface area contributed by atoms with Crippen molar-refractivity contribution >= 4 is 39.1 Å². The molecule has 4 nitrogen and oxygen atoms in total. The van der Waals surface area contributed by atoms with E-state index in [9.17, 15) is 13.2 Å². The standard InChI is InChI=1S/C8H7Cl2NO3S/c1-15(13,14)11-8(12)6-4-5(9)2-3-7(6)10/h2-4H,1H3,(H,11,12). The number of halogens is 2. The lowest BCUT2D eigenvalue weighted by Crippen LogP contribution is -2.29. The lowest BCUT2D eigenvalue weighted by Gasteiger charge is -2.04. The maximum Gasteiger partial charge on any atom is 0.266 e. The molecule has 1 aromatic carbocycles. The summed E-state index contributed by atoms with van der Waals surface area (Å²) in [6, 6.07) is 4.21. The molecule has 0 bridgehead atoms. The minimum absolute atomic E-state index is 0.0228. The van der Waals surface area contributed by atoms with Crippen LogP contribution in [0.2, 0.25) is 10.0 Å². The fourth-order valence-corrected chi connectivity index (χ4v) is 1.72. The number of carbonyl (C=O) groups is 1. The molecule has 0 saturated heterocycles. The van der Waals surface area contributed by atoms with Gasteiger partial charge in [-0.3, -0.25) is 4.79 Å². The summed E-state index contributed by atoms with van der Waals surface area (Å²) < 4.78 is 23.4. The SMILES string of the molecule is CS(=O)(=O)NC(=O)c1cc(Cl)ccc1Cl. The third kappa shape index (κ3) is 3.70. The average molecular weight is 268 g/mol. The van der Waals surface area contributed by atoms with Crippen molar-refractivity contribution in [3.05, 3.63) is 33.8 Å². The van der Waals surface area contributed by atoms with E-state index in [2.05, 4.69) is 0 Å². The van der Waals surface area contributed by atoms with Gasteiger partial charge in [-0.2, -0.15) is 0 Å². The highest BCUT2D eigenvalue weighted by atomic mass is 35.5. The Bertz CT molecular complexity index is 499. The smallest absolute Gasteiger partial charge is 0.266 e. The molecule has 0 aliphatic carbocycles. The highest BCUT2D eigenvalue weighted by Crippen LogP contribution is 2.20. The van der Waals surface area contributed by atoms with Gasteiger partial charge < -0.3 is 0 Å². The Labute approximate surface area is 97.2 Å². The van der Waals surface area contributed by atoms with Crippen LogP contribution in [0.4, 0.5) is 0 Å². The van der Waals surface area contributed by atoms with Crippen molar-refractivity contribution in [2.24, 2.45) is 0 Å². The fraction of sp³-hybridized carbons (Fsp3) is 0.125. The van der Waals surface area contributed by atoms with E-state index in [4.69, 9.17) is 23.2 Å². The number of benzene rings is 1. The quantitative estimate of drug-likeness (QED) is 0.887. The van der Waals surface area contributed by atoms with Gasteiger partial charge in [0.25, 0.3) is 5.91 Å². The summed E-state index contributed by atoms with van der Waals surface area (Å²) in [7, 11) is -3.60. The Hall–Kier alpha value is -0.780. The second-order valence-corrected chi connectivity index (χ2v) is 5.42. The first-order chi connectivity index (χ1) is 6.79. The number of nitrogens with one attached hydrogen (secondary N) is 1. The normalized spacial score (nSPS) is 11.1. The monoisotopic (exact) mass is 267 g/mol. The molecule has 0 aromatic heterocycles. The third-order valence-corrected chi connectivity index (χ3v) is 2.57. The number of amides is 1. The first-order valence-electron chi connectivity index (χ1n) is 3.77. The highest BCUT2D eigenvalue weighted by Gasteiger charge is 2.14. The Morgan fingerprint density at radius 1 is 1.33 bits per heavy atom. The van der Waals surface area contributed by atoms with Gasteiger partial charge in [0.15, 0.2) is 0 Å². The van der Waals surface area contributed by atoms with E-state index in [0.29, 0.717) is 5.02 Å². The van der Waals surface area contributed by atoms with Gasteiger partial charge in [0.05, 0.1) is 16.8 Å². The third-order valence-electron chi connectivity index (χ3n) is 1.45. The topological polar surface area (TPSA) is 63.2 Å². The second kappa shape index (κ2) is 4.38. The fourth-order valence-electron chi connectivity index (χ4n) is 0.895. The molecule has 0 atom stereocenters. The summed E-state index contributed by atoms with van der Waals surface area (Å²) in [6.07, 6.45) is 0.878. The molecule has 0 fully saturated rings. The molecule has 0 unspecified atom stereocenters. The van der Waals surface area contributed by atoms with Gasteiger partial charge in [0, 0.05) is 5.02 Å². The summed E-state index contributed by atoms with van der Waals surface area (Å²) in [6.45, 7) is 0. The maximum absolute atomic E-state index is 11.4. The van der Waals surface area contributed by atoms with Crippen LogP contribution in [0.3, 0.4) is 0 Å². The lowest BCUT2D eigenvalue weighted by atomic mass is 10.2. The van der Waals surface area contributed by atoms with Gasteiger partial charge in [0.1, 0.15) is 0 Å². The number of rotatable bonds is 2. The van der Waals surface area contributed by atoms with Crippen LogP contribution < -0.4 is 4.72 Å². The first kappa shape index (κ1) is 12.3. The summed E-state index contributed by atoms with van der Waals surface area (Å²) in [5.41, 5.74) is 0.0228. The molecule has 7 heteroatoms. The molecule has 82 valence electrons. The van der Waals surface area contributed by atoms with Crippen LogP contribution in [0.15, 0.2) is 18.2 Å². The summed E-state index contributed by atoms with van der Waals surface area (Å²) >= 11 is 11.3. The van der Waals surface area contributed by atoms with E-state index in [1.165, 1.54) is 18.2 Å². The van der Waals surface area contributed by atoms with Gasteiger partial charge in [0.2, 0.25) is 10.0 Å². The number of hydrogen-bond acceptors (Lipinski definition) is 3. The minimum Gasteiger partial charge on any atom is -0.268 e. The minimum atomic E-state index is -3.60. The van der Waals surface area contributed by atoms with Gasteiger partial charge in [-0.1, -0.05) is 23.2 Å². The number of hydrogen-bond donors (Lipinski definition) is 1. The van der Waals surface area contributed by atoms with Crippen LogP contribution in [-0.4, -0.2) is 20.6 Å². The molecular formula is C8H7Cl2NO3S. The molecule has 0 radical (unpaired) electrons. The Morgan fingerprint density at radius 3 is 2.47 bits per heavy atom. The first-order valence-corrected chi connectivity index (χ1v) is 6.41. The van der Waals surface area contributed by atoms with Crippen LogP contribution >= 0.6 is 23.2 Å². The zero-order chi connectivity index (χ0) is 11.6. The van der Waals surface area contributed by atoms with Crippen LogP contribution in [0, 0.1) is 0 Å². The van der Waals surface area contributed by atoms with Crippen LogP contribution in [0.25, 0.3) is 0 Å². The zero-order valence-corrected chi connectivity index (χ0v) is 9.95. The van der Waals surface area contributed by atoms with Crippen LogP contribution in [0.5, 0.6) is 0 Å². The van der Waals surface area contributed by atoms with Gasteiger partial charge in [-0.05, 0) is 18.2 Å². The molecule has 0 spiro atoms. The molecule has 0 aliphatic heterocycles. The largest absolute Gasteiger partial charge is 0.268 e. The Kier molecular flexibility index (Phi) is 3.59. The van der Waals surface area contributed by atoms with Gasteiger partial charge in [-0.15, -0.1) is 0 Å². The van der Waals surface area contributed by atoms with Crippen molar-refractivity contribution in [2.75, 3.05) is 6.26 Å². The second-order valence-electron chi connectivity index (χ2n) is 2.83. The zero-order valence-electron chi connectivity index (χ0n) is 7.62. The average Bonchev–Trinajstić information content (AvgIpc) is 2.06. The molecule has 0 heterocycles. The Balaban J connectivity index is 3.06. The van der Waals surface area contributed by atoms with Crippen molar-refractivity contribution < 1.29 is 13.2 Å². The van der Waals surface area contributed by atoms with E-state index in [0.717, 1.165) is 6.26 Å². The van der Waals surface area contributed by atoms with E-state index >= 15 is 0 Å². The lowest BCUT2D eigenvalue weighted by molar-refractivity contribution is 0.0982. The number of carbonyl (C=O) groups excluding carboxylic acids is 1. The summed E-state index contributed by atoms with van der Waals surface area (Å²) in [4.78, 5) is 11.4. The van der Waals surface area contributed by atoms with Crippen molar-refractivity contribution in [3.8, 4) is 0 Å². The predicted molar refractivity (Wildman–Crippen MR) is 58.8 cm³/mol. The Morgan fingerprint density at radius 2 is 1.93 bits per heavy atom. The predicted octanol–water partition coefficient (Wildman–Crippen LogP) is 1.68. The highest BCUT2D eigenvalue weighted by molar-refractivity contribution is 7.89. The number of sulfonamides is 1. The van der Waals surface area contributed by atoms with Crippen molar-refractivity contribution in [2.45, 2.75) is 0 Å². The molecule has 15 heavy (non-hydrogen) atoms. The molecule has 1 N–H and O–H groups in total. The van der Waals surface area contributed by atoms with Crippen molar-refractivity contribution in [3.63, 3.8) is 0 Å². The van der Waals surface area contributed by atoms with E-state index < -0.39 is 15.9 Å². The van der Waals surface area contributed by atoms with E-state index in [1.807, 2.05) is 0 Å².